The zero-order valence-corrected chi connectivity index (χ0v) is 16.4. The lowest BCUT2D eigenvalue weighted by Gasteiger charge is -2.19. The normalized spacial score (nSPS) is 14.5. The van der Waals surface area contributed by atoms with Gasteiger partial charge in [-0.25, -0.2) is 0 Å². The fourth-order valence-corrected chi connectivity index (χ4v) is 4.09. The quantitative estimate of drug-likeness (QED) is 0.478. The molecule has 0 saturated heterocycles. The molecule has 0 radical (unpaired) electrons. The van der Waals surface area contributed by atoms with Crippen molar-refractivity contribution in [2.24, 2.45) is 0 Å². The van der Waals surface area contributed by atoms with Gasteiger partial charge >= 0.3 is 0 Å². The number of carbonyl (C=O) groups excluding carboxylic acids is 1. The van der Waals surface area contributed by atoms with E-state index < -0.39 is 6.10 Å². The summed E-state index contributed by atoms with van der Waals surface area (Å²) in [5.41, 5.74) is 5.04. The third-order valence-electron chi connectivity index (χ3n) is 5.65. The van der Waals surface area contributed by atoms with Gasteiger partial charge in [0.05, 0.1) is 0 Å². The SMILES string of the molecule is C[C@@H](Oc1ccc2c(c1)CCCC2)C(=O)Nc1ccc2c(c1)oc1ccccc12. The number of ether oxygens (including phenoxy) is 1. The molecule has 1 heterocycles. The van der Waals surface area contributed by atoms with Gasteiger partial charge in [-0.05, 0) is 74.1 Å². The Morgan fingerprint density at radius 3 is 2.62 bits per heavy atom. The monoisotopic (exact) mass is 385 g/mol. The van der Waals surface area contributed by atoms with Gasteiger partial charge in [-0.3, -0.25) is 4.79 Å². The number of rotatable bonds is 4. The van der Waals surface area contributed by atoms with Crippen LogP contribution in [-0.4, -0.2) is 12.0 Å². The molecule has 4 aromatic rings. The van der Waals surface area contributed by atoms with Crippen molar-refractivity contribution in [3.05, 3.63) is 71.8 Å². The van der Waals surface area contributed by atoms with Crippen molar-refractivity contribution in [1.82, 2.24) is 0 Å². The number of furan rings is 1. The van der Waals surface area contributed by atoms with Crippen LogP contribution >= 0.6 is 0 Å². The molecule has 0 saturated carbocycles. The first-order valence-corrected chi connectivity index (χ1v) is 10.2. The fraction of sp³-hybridized carbons (Fsp3) is 0.240. The topological polar surface area (TPSA) is 51.5 Å². The summed E-state index contributed by atoms with van der Waals surface area (Å²) in [5.74, 6) is 0.569. The van der Waals surface area contributed by atoms with Gasteiger partial charge in [0.2, 0.25) is 0 Å². The molecular formula is C25H23NO3. The average molecular weight is 385 g/mol. The molecule has 29 heavy (non-hydrogen) atoms. The van der Waals surface area contributed by atoms with E-state index in [-0.39, 0.29) is 5.91 Å². The molecule has 0 unspecified atom stereocenters. The number of anilines is 1. The maximum Gasteiger partial charge on any atom is 0.265 e. The Morgan fingerprint density at radius 2 is 1.72 bits per heavy atom. The second-order valence-electron chi connectivity index (χ2n) is 7.70. The molecule has 5 rings (SSSR count). The van der Waals surface area contributed by atoms with Crippen molar-refractivity contribution in [3.8, 4) is 5.75 Å². The number of amides is 1. The third-order valence-corrected chi connectivity index (χ3v) is 5.65. The summed E-state index contributed by atoms with van der Waals surface area (Å²) >= 11 is 0. The van der Waals surface area contributed by atoms with E-state index >= 15 is 0 Å². The summed E-state index contributed by atoms with van der Waals surface area (Å²) in [5, 5.41) is 5.05. The Balaban J connectivity index is 1.31. The molecule has 4 nitrogen and oxygen atoms in total. The number of benzene rings is 3. The highest BCUT2D eigenvalue weighted by Crippen LogP contribution is 2.30. The lowest BCUT2D eigenvalue weighted by atomic mass is 9.92. The van der Waals surface area contributed by atoms with Gasteiger partial charge in [-0.15, -0.1) is 0 Å². The zero-order chi connectivity index (χ0) is 19.8. The van der Waals surface area contributed by atoms with Crippen LogP contribution in [0, 0.1) is 0 Å². The van der Waals surface area contributed by atoms with Gasteiger partial charge in [0.15, 0.2) is 6.10 Å². The molecule has 0 bridgehead atoms. The van der Waals surface area contributed by atoms with E-state index in [1.165, 1.54) is 24.0 Å². The molecule has 1 N–H and O–H groups in total. The molecule has 1 amide bonds. The summed E-state index contributed by atoms with van der Waals surface area (Å²) < 4.78 is 11.8. The smallest absolute Gasteiger partial charge is 0.265 e. The zero-order valence-electron chi connectivity index (χ0n) is 16.4. The predicted octanol–water partition coefficient (Wildman–Crippen LogP) is 5.87. The average Bonchev–Trinajstić information content (AvgIpc) is 3.11. The van der Waals surface area contributed by atoms with E-state index in [1.54, 1.807) is 6.92 Å². The molecule has 1 atom stereocenters. The van der Waals surface area contributed by atoms with E-state index in [1.807, 2.05) is 48.5 Å². The molecule has 1 aliphatic carbocycles. The van der Waals surface area contributed by atoms with E-state index in [0.29, 0.717) is 5.69 Å². The first-order valence-electron chi connectivity index (χ1n) is 10.2. The molecule has 0 fully saturated rings. The molecule has 1 aromatic heterocycles. The van der Waals surface area contributed by atoms with Crippen LogP contribution in [0.2, 0.25) is 0 Å². The number of hydrogen-bond donors (Lipinski definition) is 1. The Kier molecular flexibility index (Phi) is 4.47. The summed E-state index contributed by atoms with van der Waals surface area (Å²) in [6.45, 7) is 1.77. The number of aryl methyl sites for hydroxylation is 2. The maximum atomic E-state index is 12.6. The van der Waals surface area contributed by atoms with Gasteiger partial charge in [-0.2, -0.15) is 0 Å². The minimum atomic E-state index is -0.594. The molecule has 3 aromatic carbocycles. The Labute approximate surface area is 169 Å². The van der Waals surface area contributed by atoms with Crippen LogP contribution in [0.3, 0.4) is 0 Å². The van der Waals surface area contributed by atoms with E-state index in [0.717, 1.165) is 40.5 Å². The minimum absolute atomic E-state index is 0.182. The number of hydrogen-bond acceptors (Lipinski definition) is 3. The summed E-state index contributed by atoms with van der Waals surface area (Å²) in [6.07, 6.45) is 4.10. The third kappa shape index (κ3) is 3.46. The van der Waals surface area contributed by atoms with Crippen molar-refractivity contribution < 1.29 is 13.9 Å². The van der Waals surface area contributed by atoms with E-state index in [4.69, 9.17) is 9.15 Å². The highest BCUT2D eigenvalue weighted by Gasteiger charge is 2.17. The molecule has 0 aliphatic heterocycles. The van der Waals surface area contributed by atoms with Gasteiger partial charge < -0.3 is 14.5 Å². The van der Waals surface area contributed by atoms with E-state index in [9.17, 15) is 4.79 Å². The number of para-hydroxylation sites is 1. The lowest BCUT2D eigenvalue weighted by molar-refractivity contribution is -0.122. The van der Waals surface area contributed by atoms with E-state index in [2.05, 4.69) is 17.4 Å². The largest absolute Gasteiger partial charge is 0.481 e. The summed E-state index contributed by atoms with van der Waals surface area (Å²) in [7, 11) is 0. The molecule has 0 spiro atoms. The van der Waals surface area contributed by atoms with Crippen molar-refractivity contribution >= 4 is 33.5 Å². The molecule has 1 aliphatic rings. The number of carbonyl (C=O) groups is 1. The minimum Gasteiger partial charge on any atom is -0.481 e. The van der Waals surface area contributed by atoms with Gasteiger partial charge in [0, 0.05) is 22.5 Å². The van der Waals surface area contributed by atoms with Crippen LogP contribution < -0.4 is 10.1 Å². The Hall–Kier alpha value is -3.27. The molecular weight excluding hydrogens is 362 g/mol. The van der Waals surface area contributed by atoms with Gasteiger partial charge in [0.1, 0.15) is 16.9 Å². The van der Waals surface area contributed by atoms with Crippen molar-refractivity contribution in [2.75, 3.05) is 5.32 Å². The second-order valence-corrected chi connectivity index (χ2v) is 7.70. The van der Waals surface area contributed by atoms with Crippen molar-refractivity contribution in [1.29, 1.82) is 0 Å². The van der Waals surface area contributed by atoms with Crippen LogP contribution in [0.15, 0.2) is 65.1 Å². The summed E-state index contributed by atoms with van der Waals surface area (Å²) in [4.78, 5) is 12.6. The maximum absolute atomic E-state index is 12.6. The number of nitrogens with one attached hydrogen (secondary N) is 1. The highest BCUT2D eigenvalue weighted by molar-refractivity contribution is 6.06. The van der Waals surface area contributed by atoms with Crippen LogP contribution in [0.25, 0.3) is 21.9 Å². The van der Waals surface area contributed by atoms with Crippen LogP contribution in [0.1, 0.15) is 30.9 Å². The van der Waals surface area contributed by atoms with Gasteiger partial charge in [0.25, 0.3) is 5.91 Å². The lowest BCUT2D eigenvalue weighted by Crippen LogP contribution is -2.30. The Bertz CT molecular complexity index is 1210. The van der Waals surface area contributed by atoms with Crippen LogP contribution in [-0.2, 0) is 17.6 Å². The fourth-order valence-electron chi connectivity index (χ4n) is 4.09. The van der Waals surface area contributed by atoms with Crippen molar-refractivity contribution in [2.45, 2.75) is 38.7 Å². The Morgan fingerprint density at radius 1 is 0.931 bits per heavy atom. The van der Waals surface area contributed by atoms with Crippen LogP contribution in [0.5, 0.6) is 5.75 Å². The highest BCUT2D eigenvalue weighted by atomic mass is 16.5. The predicted molar refractivity (Wildman–Crippen MR) is 116 cm³/mol. The molecule has 146 valence electrons. The van der Waals surface area contributed by atoms with Crippen LogP contribution in [0.4, 0.5) is 5.69 Å². The standard InChI is InChI=1S/C25H23NO3/c1-16(28-20-12-10-17-6-2-3-7-18(17)14-20)25(27)26-19-11-13-22-21-8-4-5-9-23(21)29-24(22)15-19/h4-5,8-16H,2-3,6-7H2,1H3,(H,26,27)/t16-/m1/s1. The summed E-state index contributed by atoms with van der Waals surface area (Å²) in [6, 6.07) is 19.8. The van der Waals surface area contributed by atoms with Crippen molar-refractivity contribution in [3.63, 3.8) is 0 Å². The number of fused-ring (bicyclic) bond motifs is 4. The van der Waals surface area contributed by atoms with Gasteiger partial charge in [-0.1, -0.05) is 24.3 Å². The first-order chi connectivity index (χ1) is 14.2. The first kappa shape index (κ1) is 17.8. The molecule has 4 heteroatoms. The second kappa shape index (κ2) is 7.28.